The van der Waals surface area contributed by atoms with Crippen LogP contribution in [0.25, 0.3) is 22.6 Å². The van der Waals surface area contributed by atoms with Crippen molar-refractivity contribution in [2.24, 2.45) is 0 Å². The van der Waals surface area contributed by atoms with Crippen LogP contribution < -0.4 is 5.32 Å². The second-order valence-corrected chi connectivity index (χ2v) is 7.46. The van der Waals surface area contributed by atoms with Crippen molar-refractivity contribution >= 4 is 29.1 Å². The average molecular weight is 422 g/mol. The van der Waals surface area contributed by atoms with E-state index in [1.165, 1.54) is 6.39 Å². The fourth-order valence-electron chi connectivity index (χ4n) is 3.47. The minimum atomic E-state index is -0.957. The van der Waals surface area contributed by atoms with Crippen LogP contribution in [0, 0.1) is 0 Å². The van der Waals surface area contributed by atoms with Gasteiger partial charge in [0.15, 0.2) is 17.8 Å². The molecule has 0 bridgehead atoms. The molecule has 1 fully saturated rings. The van der Waals surface area contributed by atoms with Crippen molar-refractivity contribution in [1.29, 1.82) is 0 Å². The second-order valence-electron chi connectivity index (χ2n) is 7.46. The Kier molecular flexibility index (Phi) is 4.32. The molecule has 9 heteroatoms. The van der Waals surface area contributed by atoms with Gasteiger partial charge in [0.1, 0.15) is 17.3 Å². The standard InChI is InChI=1S/C22H18N2O7/c1-12(13-5-3-2-4-6-13)29-21(27)24-18-17(23-11-28-18)15-9-14-10-16(31-19(14)30-15)22(7-8-22)20(25)26/h2-6,9-12H,7-8H2,1H3,(H,24,27)(H,25,26). The molecule has 0 radical (unpaired) electrons. The summed E-state index contributed by atoms with van der Waals surface area (Å²) in [5, 5.41) is 12.5. The van der Waals surface area contributed by atoms with Gasteiger partial charge >= 0.3 is 12.1 Å². The summed E-state index contributed by atoms with van der Waals surface area (Å²) < 4.78 is 22.0. The Bertz CT molecular complexity index is 1230. The number of carboxylic acid groups (broad SMARTS) is 1. The number of rotatable bonds is 6. The number of carbonyl (C=O) groups is 2. The van der Waals surface area contributed by atoms with Gasteiger partial charge in [-0.15, -0.1) is 0 Å². The number of hydrogen-bond donors (Lipinski definition) is 2. The summed E-state index contributed by atoms with van der Waals surface area (Å²) in [7, 11) is 0. The van der Waals surface area contributed by atoms with E-state index in [9.17, 15) is 14.7 Å². The number of furan rings is 2. The van der Waals surface area contributed by atoms with Crippen molar-refractivity contribution in [1.82, 2.24) is 4.98 Å². The summed E-state index contributed by atoms with van der Waals surface area (Å²) in [6.07, 6.45) is 1.08. The minimum absolute atomic E-state index is 0.0612. The van der Waals surface area contributed by atoms with Crippen LogP contribution in [0.15, 0.2) is 62.1 Å². The van der Waals surface area contributed by atoms with Gasteiger partial charge in [-0.25, -0.2) is 9.78 Å². The third kappa shape index (κ3) is 3.33. The predicted molar refractivity (Wildman–Crippen MR) is 107 cm³/mol. The van der Waals surface area contributed by atoms with Gasteiger partial charge in [0, 0.05) is 0 Å². The molecule has 3 aromatic heterocycles. The Morgan fingerprint density at radius 3 is 2.65 bits per heavy atom. The number of benzene rings is 1. The molecule has 9 nitrogen and oxygen atoms in total. The van der Waals surface area contributed by atoms with E-state index >= 15 is 0 Å². The Labute approximate surface area is 175 Å². The van der Waals surface area contributed by atoms with E-state index in [1.54, 1.807) is 19.1 Å². The predicted octanol–water partition coefficient (Wildman–Crippen LogP) is 5.11. The highest BCUT2D eigenvalue weighted by atomic mass is 16.6. The maximum absolute atomic E-state index is 12.3. The van der Waals surface area contributed by atoms with Crippen molar-refractivity contribution < 1.29 is 32.7 Å². The number of amides is 1. The number of hydrogen-bond acceptors (Lipinski definition) is 7. The number of aliphatic carboxylic acids is 1. The molecule has 2 N–H and O–H groups in total. The van der Waals surface area contributed by atoms with Crippen LogP contribution >= 0.6 is 0 Å². The van der Waals surface area contributed by atoms with Gasteiger partial charge in [-0.05, 0) is 37.5 Å². The Balaban J connectivity index is 1.33. The largest absolute Gasteiger partial charge is 0.480 e. The molecule has 0 aliphatic heterocycles. The molecular weight excluding hydrogens is 404 g/mol. The average Bonchev–Trinajstić information content (AvgIpc) is 3.05. The molecule has 1 unspecified atom stereocenters. The minimum Gasteiger partial charge on any atom is -0.480 e. The zero-order valence-corrected chi connectivity index (χ0v) is 16.5. The molecule has 1 atom stereocenters. The zero-order chi connectivity index (χ0) is 21.6. The fourth-order valence-corrected chi connectivity index (χ4v) is 3.47. The molecule has 4 aromatic rings. The lowest BCUT2D eigenvalue weighted by Crippen LogP contribution is -2.18. The highest BCUT2D eigenvalue weighted by molar-refractivity contribution is 5.90. The van der Waals surface area contributed by atoms with E-state index in [-0.39, 0.29) is 17.4 Å². The first-order valence-electron chi connectivity index (χ1n) is 9.70. The number of ether oxygens (including phenoxy) is 1. The number of carbonyl (C=O) groups excluding carboxylic acids is 1. The Morgan fingerprint density at radius 2 is 1.97 bits per heavy atom. The third-order valence-corrected chi connectivity index (χ3v) is 5.41. The van der Waals surface area contributed by atoms with Crippen LogP contribution in [0.1, 0.15) is 37.2 Å². The number of nitrogens with one attached hydrogen (secondary N) is 1. The SMILES string of the molecule is CC(OC(=O)Nc1ocnc1-c1cc2cc(C3(C(=O)O)CC3)oc2o1)c1ccccc1. The van der Waals surface area contributed by atoms with Gasteiger partial charge < -0.3 is 23.1 Å². The van der Waals surface area contributed by atoms with Gasteiger partial charge in [0.05, 0.1) is 5.39 Å². The van der Waals surface area contributed by atoms with E-state index in [0.29, 0.717) is 29.7 Å². The van der Waals surface area contributed by atoms with E-state index in [2.05, 4.69) is 10.3 Å². The summed E-state index contributed by atoms with van der Waals surface area (Å²) in [5.41, 5.74) is 0.158. The van der Waals surface area contributed by atoms with Gasteiger partial charge in [0.2, 0.25) is 5.88 Å². The number of nitrogens with zero attached hydrogens (tertiary/aromatic N) is 1. The van der Waals surface area contributed by atoms with Gasteiger partial charge in [-0.1, -0.05) is 30.3 Å². The summed E-state index contributed by atoms with van der Waals surface area (Å²) in [4.78, 5) is 27.9. The normalized spacial score (nSPS) is 15.5. The topological polar surface area (TPSA) is 128 Å². The van der Waals surface area contributed by atoms with E-state index in [4.69, 9.17) is 18.0 Å². The van der Waals surface area contributed by atoms with Crippen LogP contribution in [-0.4, -0.2) is 22.2 Å². The fraction of sp³-hybridized carbons (Fsp3) is 0.227. The second kappa shape index (κ2) is 7.05. The summed E-state index contributed by atoms with van der Waals surface area (Å²) >= 11 is 0. The molecule has 1 aromatic carbocycles. The molecule has 31 heavy (non-hydrogen) atoms. The van der Waals surface area contributed by atoms with Crippen molar-refractivity contribution in [3.8, 4) is 11.5 Å². The number of oxazole rings is 1. The Hall–Kier alpha value is -4.01. The van der Waals surface area contributed by atoms with Crippen molar-refractivity contribution in [2.45, 2.75) is 31.3 Å². The molecule has 1 aliphatic carbocycles. The van der Waals surface area contributed by atoms with Crippen LogP contribution in [0.3, 0.4) is 0 Å². The highest BCUT2D eigenvalue weighted by Gasteiger charge is 2.54. The first-order valence-corrected chi connectivity index (χ1v) is 9.70. The van der Waals surface area contributed by atoms with Crippen LogP contribution in [0.2, 0.25) is 0 Å². The zero-order valence-electron chi connectivity index (χ0n) is 16.5. The lowest BCUT2D eigenvalue weighted by atomic mass is 10.0. The van der Waals surface area contributed by atoms with E-state index < -0.39 is 23.6 Å². The summed E-state index contributed by atoms with van der Waals surface area (Å²) in [6.45, 7) is 1.76. The molecule has 1 saturated carbocycles. The van der Waals surface area contributed by atoms with Crippen LogP contribution in [0.5, 0.6) is 0 Å². The van der Waals surface area contributed by atoms with Gasteiger partial charge in [0.25, 0.3) is 5.78 Å². The van der Waals surface area contributed by atoms with Crippen molar-refractivity contribution in [3.05, 3.63) is 60.2 Å². The number of fused-ring (bicyclic) bond motifs is 1. The van der Waals surface area contributed by atoms with E-state index in [1.807, 2.05) is 30.3 Å². The molecule has 158 valence electrons. The quantitative estimate of drug-likeness (QED) is 0.439. The smallest absolute Gasteiger partial charge is 0.414 e. The van der Waals surface area contributed by atoms with Crippen LogP contribution in [0.4, 0.5) is 10.7 Å². The maximum atomic E-state index is 12.3. The monoisotopic (exact) mass is 422 g/mol. The van der Waals surface area contributed by atoms with Crippen LogP contribution in [-0.2, 0) is 14.9 Å². The molecular formula is C22H18N2O7. The lowest BCUT2D eigenvalue weighted by molar-refractivity contribution is -0.140. The molecule has 1 amide bonds. The maximum Gasteiger partial charge on any atom is 0.414 e. The highest BCUT2D eigenvalue weighted by Crippen LogP contribution is 2.50. The molecule has 1 aliphatic rings. The first-order chi connectivity index (χ1) is 15.0. The molecule has 0 saturated heterocycles. The first kappa shape index (κ1) is 19.0. The summed E-state index contributed by atoms with van der Waals surface area (Å²) in [6, 6.07) is 12.6. The molecule has 5 rings (SSSR count). The molecule has 3 heterocycles. The summed E-state index contributed by atoms with van der Waals surface area (Å²) in [5.74, 6) is 0.0195. The van der Waals surface area contributed by atoms with Crippen molar-refractivity contribution in [2.75, 3.05) is 5.32 Å². The number of aromatic nitrogens is 1. The number of carboxylic acids is 1. The lowest BCUT2D eigenvalue weighted by Gasteiger charge is -2.13. The third-order valence-electron chi connectivity index (χ3n) is 5.41. The number of anilines is 1. The van der Waals surface area contributed by atoms with E-state index in [0.717, 1.165) is 5.56 Å². The van der Waals surface area contributed by atoms with Gasteiger partial charge in [-0.3, -0.25) is 10.1 Å². The van der Waals surface area contributed by atoms with Crippen molar-refractivity contribution in [3.63, 3.8) is 0 Å². The Morgan fingerprint density at radius 1 is 1.19 bits per heavy atom. The molecule has 0 spiro atoms. The van der Waals surface area contributed by atoms with Gasteiger partial charge in [-0.2, -0.15) is 0 Å².